The van der Waals surface area contributed by atoms with Gasteiger partial charge in [0.2, 0.25) is 0 Å². The molecule has 0 aliphatic rings. The highest BCUT2D eigenvalue weighted by molar-refractivity contribution is 5.55. The molecule has 0 saturated carbocycles. The van der Waals surface area contributed by atoms with Gasteiger partial charge in [0, 0.05) is 13.2 Å². The molecule has 5 nitrogen and oxygen atoms in total. The minimum atomic E-state index is 0.485. The lowest BCUT2D eigenvalue weighted by Crippen LogP contribution is -2.10. The van der Waals surface area contributed by atoms with Crippen LogP contribution in [0.25, 0.3) is 0 Å². The number of nitrogens with two attached hydrogens (primary N) is 1. The predicted molar refractivity (Wildman–Crippen MR) is 70.2 cm³/mol. The summed E-state index contributed by atoms with van der Waals surface area (Å²) in [7, 11) is 1.64. The Balaban J connectivity index is 2.31. The van der Waals surface area contributed by atoms with Crippen molar-refractivity contribution in [3.8, 4) is 11.5 Å². The first-order valence-electron chi connectivity index (χ1n) is 5.99. The molecule has 0 spiro atoms. The fourth-order valence-corrected chi connectivity index (χ4v) is 1.35. The van der Waals surface area contributed by atoms with E-state index in [2.05, 4.69) is 0 Å². The Labute approximate surface area is 108 Å². The van der Waals surface area contributed by atoms with Crippen LogP contribution in [0.3, 0.4) is 0 Å². The number of hydrogen-bond acceptors (Lipinski definition) is 5. The number of ether oxygens (including phenoxy) is 4. The third kappa shape index (κ3) is 5.25. The highest BCUT2D eigenvalue weighted by Crippen LogP contribution is 2.26. The van der Waals surface area contributed by atoms with Crippen LogP contribution >= 0.6 is 0 Å². The molecule has 0 aliphatic carbocycles. The van der Waals surface area contributed by atoms with Crippen molar-refractivity contribution >= 4 is 5.69 Å². The molecule has 0 heterocycles. The molecular formula is C13H21NO4. The van der Waals surface area contributed by atoms with Crippen molar-refractivity contribution in [2.24, 2.45) is 0 Å². The second-order valence-electron chi connectivity index (χ2n) is 3.59. The van der Waals surface area contributed by atoms with Crippen molar-refractivity contribution < 1.29 is 18.9 Å². The Morgan fingerprint density at radius 3 is 2.56 bits per heavy atom. The minimum Gasteiger partial charge on any atom is -0.492 e. The van der Waals surface area contributed by atoms with E-state index in [-0.39, 0.29) is 0 Å². The molecule has 0 unspecified atom stereocenters. The standard InChI is InChI=1S/C13H21NO4/c1-3-17-13-10-11(4-5-12(13)14)18-9-8-16-7-6-15-2/h4-5,10H,3,6-9,14H2,1-2H3. The van der Waals surface area contributed by atoms with Crippen molar-refractivity contribution in [2.75, 3.05) is 45.9 Å². The third-order valence-electron chi connectivity index (χ3n) is 2.21. The second-order valence-corrected chi connectivity index (χ2v) is 3.59. The van der Waals surface area contributed by atoms with Crippen LogP contribution in [0.1, 0.15) is 6.92 Å². The molecule has 0 bridgehead atoms. The molecular weight excluding hydrogens is 234 g/mol. The van der Waals surface area contributed by atoms with Crippen molar-refractivity contribution in [1.82, 2.24) is 0 Å². The van der Waals surface area contributed by atoms with E-state index in [1.54, 1.807) is 19.2 Å². The van der Waals surface area contributed by atoms with Gasteiger partial charge in [-0.05, 0) is 19.1 Å². The Morgan fingerprint density at radius 1 is 1.06 bits per heavy atom. The number of hydrogen-bond donors (Lipinski definition) is 1. The maximum atomic E-state index is 5.77. The topological polar surface area (TPSA) is 62.9 Å². The molecule has 5 heteroatoms. The molecule has 0 atom stereocenters. The van der Waals surface area contributed by atoms with E-state index >= 15 is 0 Å². The van der Waals surface area contributed by atoms with E-state index in [1.165, 1.54) is 0 Å². The van der Waals surface area contributed by atoms with Gasteiger partial charge in [-0.1, -0.05) is 0 Å². The molecule has 1 aromatic carbocycles. The molecule has 0 saturated heterocycles. The molecule has 1 rings (SSSR count). The monoisotopic (exact) mass is 255 g/mol. The van der Waals surface area contributed by atoms with E-state index in [9.17, 15) is 0 Å². The summed E-state index contributed by atoms with van der Waals surface area (Å²) in [5.41, 5.74) is 6.38. The van der Waals surface area contributed by atoms with E-state index in [0.29, 0.717) is 44.5 Å². The molecule has 2 N–H and O–H groups in total. The Bertz CT molecular complexity index is 344. The number of methoxy groups -OCH3 is 1. The number of nitrogen functional groups attached to an aromatic ring is 1. The van der Waals surface area contributed by atoms with Gasteiger partial charge in [0.25, 0.3) is 0 Å². The lowest BCUT2D eigenvalue weighted by molar-refractivity contribution is 0.0544. The van der Waals surface area contributed by atoms with Gasteiger partial charge in [0.15, 0.2) is 0 Å². The van der Waals surface area contributed by atoms with E-state index in [0.717, 1.165) is 5.75 Å². The van der Waals surface area contributed by atoms with Crippen LogP contribution < -0.4 is 15.2 Å². The molecule has 18 heavy (non-hydrogen) atoms. The lowest BCUT2D eigenvalue weighted by atomic mass is 10.3. The predicted octanol–water partition coefficient (Wildman–Crippen LogP) is 1.71. The average Bonchev–Trinajstić information content (AvgIpc) is 2.37. The summed E-state index contributed by atoms with van der Waals surface area (Å²) < 4.78 is 21.1. The van der Waals surface area contributed by atoms with E-state index in [1.807, 2.05) is 13.0 Å². The smallest absolute Gasteiger partial charge is 0.145 e. The van der Waals surface area contributed by atoms with Crippen LogP contribution in [-0.2, 0) is 9.47 Å². The Morgan fingerprint density at radius 2 is 1.83 bits per heavy atom. The third-order valence-corrected chi connectivity index (χ3v) is 2.21. The highest BCUT2D eigenvalue weighted by Gasteiger charge is 2.02. The van der Waals surface area contributed by atoms with Gasteiger partial charge in [-0.2, -0.15) is 0 Å². The first kappa shape index (κ1) is 14.6. The summed E-state index contributed by atoms with van der Waals surface area (Å²) in [6.45, 7) is 4.67. The van der Waals surface area contributed by atoms with Crippen molar-refractivity contribution in [3.63, 3.8) is 0 Å². The van der Waals surface area contributed by atoms with Gasteiger partial charge in [0.05, 0.1) is 32.1 Å². The van der Waals surface area contributed by atoms with Crippen LogP contribution in [-0.4, -0.2) is 40.1 Å². The van der Waals surface area contributed by atoms with Crippen LogP contribution in [0.15, 0.2) is 18.2 Å². The summed E-state index contributed by atoms with van der Waals surface area (Å²) >= 11 is 0. The maximum Gasteiger partial charge on any atom is 0.145 e. The van der Waals surface area contributed by atoms with Gasteiger partial charge in [0.1, 0.15) is 18.1 Å². The zero-order valence-corrected chi connectivity index (χ0v) is 11.0. The van der Waals surface area contributed by atoms with Gasteiger partial charge in [-0.15, -0.1) is 0 Å². The molecule has 102 valence electrons. The van der Waals surface area contributed by atoms with Gasteiger partial charge >= 0.3 is 0 Å². The maximum absolute atomic E-state index is 5.77. The average molecular weight is 255 g/mol. The van der Waals surface area contributed by atoms with Crippen molar-refractivity contribution in [3.05, 3.63) is 18.2 Å². The highest BCUT2D eigenvalue weighted by atomic mass is 16.5. The van der Waals surface area contributed by atoms with Crippen molar-refractivity contribution in [2.45, 2.75) is 6.92 Å². The zero-order valence-electron chi connectivity index (χ0n) is 11.0. The first-order valence-corrected chi connectivity index (χ1v) is 5.99. The lowest BCUT2D eigenvalue weighted by Gasteiger charge is -2.10. The minimum absolute atomic E-state index is 0.485. The fourth-order valence-electron chi connectivity index (χ4n) is 1.35. The SMILES string of the molecule is CCOc1cc(OCCOCCOC)ccc1N. The molecule has 0 aromatic heterocycles. The fraction of sp³-hybridized carbons (Fsp3) is 0.538. The van der Waals surface area contributed by atoms with E-state index < -0.39 is 0 Å². The molecule has 0 amide bonds. The van der Waals surface area contributed by atoms with Crippen LogP contribution in [0, 0.1) is 0 Å². The quantitative estimate of drug-likeness (QED) is 0.537. The van der Waals surface area contributed by atoms with Crippen molar-refractivity contribution in [1.29, 1.82) is 0 Å². The summed E-state index contributed by atoms with van der Waals surface area (Å²) in [4.78, 5) is 0. The number of anilines is 1. The molecule has 1 aromatic rings. The molecule has 0 aliphatic heterocycles. The molecule has 0 radical (unpaired) electrons. The zero-order chi connectivity index (χ0) is 13.2. The summed E-state index contributed by atoms with van der Waals surface area (Å²) in [5, 5.41) is 0. The normalized spacial score (nSPS) is 10.3. The molecule has 0 fully saturated rings. The summed E-state index contributed by atoms with van der Waals surface area (Å²) in [6, 6.07) is 5.37. The Kier molecular flexibility index (Phi) is 6.98. The van der Waals surface area contributed by atoms with Gasteiger partial charge < -0.3 is 24.7 Å². The summed E-state index contributed by atoms with van der Waals surface area (Å²) in [5.74, 6) is 1.37. The van der Waals surface area contributed by atoms with Gasteiger partial charge in [-0.3, -0.25) is 0 Å². The van der Waals surface area contributed by atoms with Gasteiger partial charge in [-0.25, -0.2) is 0 Å². The Hall–Kier alpha value is -1.46. The first-order chi connectivity index (χ1) is 8.77. The summed E-state index contributed by atoms with van der Waals surface area (Å²) in [6.07, 6.45) is 0. The second kappa shape index (κ2) is 8.60. The largest absolute Gasteiger partial charge is 0.492 e. The van der Waals surface area contributed by atoms with Crippen LogP contribution in [0.2, 0.25) is 0 Å². The van der Waals surface area contributed by atoms with Crippen LogP contribution in [0.4, 0.5) is 5.69 Å². The van der Waals surface area contributed by atoms with E-state index in [4.69, 9.17) is 24.7 Å². The number of benzene rings is 1. The number of rotatable bonds is 9. The van der Waals surface area contributed by atoms with Crippen LogP contribution in [0.5, 0.6) is 11.5 Å².